The zero-order valence-corrected chi connectivity index (χ0v) is 37.2. The molecular weight excluding hydrogens is 779 g/mol. The molecule has 0 amide bonds. The molecule has 61 heavy (non-hydrogen) atoms. The fraction of sp³-hybridized carbons (Fsp3) is 0.158. The molecule has 8 aromatic rings. The summed E-state index contributed by atoms with van der Waals surface area (Å²) in [4.78, 5) is 0. The molecule has 0 aliphatic rings. The number of hydrogen-bond acceptors (Lipinski definition) is 2. The number of ether oxygens (including phenoxy) is 1. The van der Waals surface area contributed by atoms with E-state index in [1.165, 1.54) is 43.2 Å². The Hall–Kier alpha value is -5.78. The van der Waals surface area contributed by atoms with Crippen LogP contribution < -0.4 is 36.6 Å². The van der Waals surface area contributed by atoms with Gasteiger partial charge in [-0.1, -0.05) is 233 Å². The van der Waals surface area contributed by atoms with Crippen molar-refractivity contribution >= 4 is 47.7 Å². The van der Waals surface area contributed by atoms with Crippen LogP contribution in [0.2, 0.25) is 0 Å². The number of hydrogen-bond donors (Lipinski definition) is 1. The van der Waals surface area contributed by atoms with Gasteiger partial charge in [0.15, 0.2) is 0 Å². The van der Waals surface area contributed by atoms with Crippen LogP contribution in [0.4, 0.5) is 0 Å². The molecule has 2 atom stereocenters. The molecule has 8 aromatic carbocycles. The van der Waals surface area contributed by atoms with Crippen molar-refractivity contribution < 1.29 is 9.84 Å². The summed E-state index contributed by atoms with van der Waals surface area (Å²) >= 11 is 0. The van der Waals surface area contributed by atoms with Gasteiger partial charge in [-0.25, -0.2) is 0 Å². The number of phenolic OH excluding ortho intramolecular Hbond substituents is 1. The van der Waals surface area contributed by atoms with Crippen LogP contribution in [-0.2, 0) is 12.8 Å². The third kappa shape index (κ3) is 9.74. The predicted molar refractivity (Wildman–Crippen MR) is 264 cm³/mol. The maximum Gasteiger partial charge on any atom is 0.131 e. The van der Waals surface area contributed by atoms with Gasteiger partial charge < -0.3 is 9.84 Å². The minimum absolute atomic E-state index is 0.255. The van der Waals surface area contributed by atoms with Crippen molar-refractivity contribution in [2.24, 2.45) is 5.92 Å². The number of benzene rings is 8. The highest BCUT2D eigenvalue weighted by atomic mass is 31.1. The summed E-state index contributed by atoms with van der Waals surface area (Å²) in [5, 5.41) is 19.9. The van der Waals surface area contributed by atoms with Crippen LogP contribution in [-0.4, -0.2) is 11.2 Å². The van der Waals surface area contributed by atoms with Gasteiger partial charge in [-0.15, -0.1) is 0 Å². The topological polar surface area (TPSA) is 29.5 Å². The molecule has 2 nitrogen and oxygen atoms in total. The summed E-state index contributed by atoms with van der Waals surface area (Å²) in [5.41, 5.74) is 6.64. The summed E-state index contributed by atoms with van der Waals surface area (Å²) in [5.74, 6) is 1.82. The molecule has 0 saturated carbocycles. The first-order chi connectivity index (χ1) is 30.0. The van der Waals surface area contributed by atoms with Crippen LogP contribution in [0, 0.1) is 5.92 Å². The maximum absolute atomic E-state index is 12.8. The van der Waals surface area contributed by atoms with Crippen LogP contribution in [0.15, 0.2) is 206 Å². The van der Waals surface area contributed by atoms with Gasteiger partial charge in [-0.05, 0) is 89.7 Å². The Morgan fingerprint density at radius 2 is 0.820 bits per heavy atom. The van der Waals surface area contributed by atoms with Gasteiger partial charge in [0.25, 0.3) is 0 Å². The van der Waals surface area contributed by atoms with Crippen LogP contribution in [0.3, 0.4) is 0 Å². The van der Waals surface area contributed by atoms with Gasteiger partial charge in [-0.3, -0.25) is 0 Å². The van der Waals surface area contributed by atoms with Gasteiger partial charge in [0, 0.05) is 17.0 Å². The van der Waals surface area contributed by atoms with Crippen molar-refractivity contribution in [2.75, 3.05) is 0 Å². The molecule has 304 valence electrons. The minimum Gasteiger partial charge on any atom is -0.507 e. The van der Waals surface area contributed by atoms with Crippen LogP contribution >= 0.6 is 15.8 Å². The minimum atomic E-state index is -1.10. The lowest BCUT2D eigenvalue weighted by Gasteiger charge is -2.30. The first-order valence-electron chi connectivity index (χ1n) is 21.6. The van der Waals surface area contributed by atoms with E-state index in [1.54, 1.807) is 0 Å². The van der Waals surface area contributed by atoms with Gasteiger partial charge in [0.2, 0.25) is 0 Å². The molecule has 0 aliphatic carbocycles. The smallest absolute Gasteiger partial charge is 0.131 e. The Bertz CT molecular complexity index is 2520. The molecule has 0 heterocycles. The van der Waals surface area contributed by atoms with Crippen molar-refractivity contribution in [2.45, 2.75) is 52.6 Å². The maximum atomic E-state index is 12.8. The van der Waals surface area contributed by atoms with Crippen molar-refractivity contribution in [3.63, 3.8) is 0 Å². The lowest BCUT2D eigenvalue weighted by Crippen LogP contribution is -2.28. The van der Waals surface area contributed by atoms with E-state index < -0.39 is 15.8 Å². The number of aromatic hydroxyl groups is 1. The van der Waals surface area contributed by atoms with Crippen LogP contribution in [0.5, 0.6) is 11.5 Å². The van der Waals surface area contributed by atoms with Crippen molar-refractivity contribution in [3.8, 4) is 33.8 Å². The lowest BCUT2D eigenvalue weighted by molar-refractivity contribution is 0.220. The predicted octanol–water partition coefficient (Wildman–Crippen LogP) is 12.2. The highest BCUT2D eigenvalue weighted by molar-refractivity contribution is 7.80. The first-order valence-corrected chi connectivity index (χ1v) is 24.3. The van der Waals surface area contributed by atoms with E-state index >= 15 is 0 Å². The molecule has 4 heteroatoms. The van der Waals surface area contributed by atoms with Gasteiger partial charge in [0.1, 0.15) is 17.6 Å². The van der Waals surface area contributed by atoms with Crippen molar-refractivity contribution in [1.82, 2.24) is 0 Å². The highest BCUT2D eigenvalue weighted by Crippen LogP contribution is 2.45. The van der Waals surface area contributed by atoms with E-state index in [-0.39, 0.29) is 6.10 Å². The second-order valence-electron chi connectivity index (χ2n) is 15.9. The molecule has 0 bridgehead atoms. The zero-order chi connectivity index (χ0) is 42.0. The standard InChI is InChI=1S/C57H54O2P2/c1-4-23-42(2)40-47-37-39-53(45-26-13-6-14-27-45)57(61(50-32-19-9-20-33-50)51-34-21-10-22-35-51)55(47)59-43(3)41-46-36-38-52(44-24-11-5-12-25-44)56(54(46)58)60(48-28-15-7-16-29-48)49-30-17-8-18-31-49/h5-22,24-39,42-43,58H,4,23,40-41H2,1-3H3. The first kappa shape index (κ1) is 41.9. The Balaban J connectivity index is 1.29. The third-order valence-electron chi connectivity index (χ3n) is 11.3. The average Bonchev–Trinajstić information content (AvgIpc) is 3.31. The molecule has 8 rings (SSSR count). The fourth-order valence-electron chi connectivity index (χ4n) is 8.49. The van der Waals surface area contributed by atoms with E-state index in [9.17, 15) is 5.11 Å². The van der Waals surface area contributed by atoms with Crippen molar-refractivity contribution in [3.05, 3.63) is 217 Å². The Morgan fingerprint density at radius 3 is 1.25 bits per heavy atom. The molecule has 0 radical (unpaired) electrons. The molecule has 2 unspecified atom stereocenters. The van der Waals surface area contributed by atoms with E-state index in [4.69, 9.17) is 4.74 Å². The summed E-state index contributed by atoms with van der Waals surface area (Å²) in [6, 6.07) is 73.6. The highest BCUT2D eigenvalue weighted by Gasteiger charge is 2.30. The molecular formula is C57H54O2P2. The SMILES string of the molecule is CCCC(C)Cc1ccc(-c2ccccc2)c(P(c2ccccc2)c2ccccc2)c1OC(C)Cc1ccc(-c2ccccc2)c(P(c2ccccc2)c2ccccc2)c1O. The lowest BCUT2D eigenvalue weighted by atomic mass is 9.94. The molecule has 0 spiro atoms. The summed E-state index contributed by atoms with van der Waals surface area (Å²) in [6.45, 7) is 6.81. The summed E-state index contributed by atoms with van der Waals surface area (Å²) < 4.78 is 7.50. The summed E-state index contributed by atoms with van der Waals surface area (Å²) in [7, 11) is -2.13. The number of phenols is 1. The average molecular weight is 833 g/mol. The molecule has 0 fully saturated rings. The van der Waals surface area contributed by atoms with E-state index in [1.807, 2.05) is 6.07 Å². The largest absolute Gasteiger partial charge is 0.507 e. The second-order valence-corrected chi connectivity index (χ2v) is 20.2. The van der Waals surface area contributed by atoms with E-state index in [0.29, 0.717) is 18.1 Å². The van der Waals surface area contributed by atoms with Crippen molar-refractivity contribution in [1.29, 1.82) is 0 Å². The molecule has 0 aliphatic heterocycles. The van der Waals surface area contributed by atoms with E-state index in [0.717, 1.165) is 47.0 Å². The van der Waals surface area contributed by atoms with Gasteiger partial charge in [-0.2, -0.15) is 0 Å². The quantitative estimate of drug-likeness (QED) is 0.0983. The molecule has 0 aromatic heterocycles. The Morgan fingerprint density at radius 1 is 0.443 bits per heavy atom. The van der Waals surface area contributed by atoms with E-state index in [2.05, 4.69) is 221 Å². The summed E-state index contributed by atoms with van der Waals surface area (Å²) in [6.07, 6.45) is 3.49. The molecule has 0 saturated heterocycles. The van der Waals surface area contributed by atoms with Crippen LogP contribution in [0.25, 0.3) is 22.3 Å². The Kier molecular flexibility index (Phi) is 13.9. The van der Waals surface area contributed by atoms with Gasteiger partial charge in [0.05, 0.1) is 0 Å². The van der Waals surface area contributed by atoms with Crippen LogP contribution in [0.1, 0.15) is 44.7 Å². The Labute approximate surface area is 365 Å². The normalized spacial score (nSPS) is 12.3. The van der Waals surface area contributed by atoms with Gasteiger partial charge >= 0.3 is 0 Å². The number of rotatable bonds is 16. The fourth-order valence-corrected chi connectivity index (χ4v) is 13.6. The second kappa shape index (κ2) is 20.2. The third-order valence-corrected chi connectivity index (χ3v) is 16.3. The molecule has 1 N–H and O–H groups in total. The monoisotopic (exact) mass is 832 g/mol. The zero-order valence-electron chi connectivity index (χ0n) is 35.4.